The minimum Gasteiger partial charge on any atom is -0.451 e. The van der Waals surface area contributed by atoms with Crippen LogP contribution in [0.5, 0.6) is 0 Å². The molecule has 0 bridgehead atoms. The third-order valence-electron chi connectivity index (χ3n) is 3.83. The second kappa shape index (κ2) is 8.38. The van der Waals surface area contributed by atoms with Crippen molar-refractivity contribution in [2.75, 3.05) is 13.2 Å². The van der Waals surface area contributed by atoms with Crippen molar-refractivity contribution in [3.8, 4) is 0 Å². The van der Waals surface area contributed by atoms with Gasteiger partial charge in [-0.25, -0.2) is 4.79 Å². The molecule has 0 aliphatic heterocycles. The molecular weight excluding hydrogens is 420 g/mol. The first-order valence-electron chi connectivity index (χ1n) is 7.99. The summed E-state index contributed by atoms with van der Waals surface area (Å²) in [6.45, 7) is 0.120. The summed E-state index contributed by atoms with van der Waals surface area (Å²) in [7, 11) is 0. The Morgan fingerprint density at radius 1 is 1.12 bits per heavy atom. The fourth-order valence-electron chi connectivity index (χ4n) is 2.50. The zero-order chi connectivity index (χ0) is 18.5. The van der Waals surface area contributed by atoms with Gasteiger partial charge >= 0.3 is 5.97 Å². The third kappa shape index (κ3) is 4.45. The zero-order valence-electron chi connectivity index (χ0n) is 13.7. The van der Waals surface area contributed by atoms with Crippen LogP contribution in [0.4, 0.5) is 0 Å². The number of nitrogens with one attached hydrogen (secondary N) is 2. The van der Waals surface area contributed by atoms with Gasteiger partial charge in [0, 0.05) is 22.5 Å². The Bertz CT molecular complexity index is 938. The number of carbonyl (C=O) groups is 2. The minimum absolute atomic E-state index is 0.292. The highest BCUT2D eigenvalue weighted by molar-refractivity contribution is 9.10. The zero-order valence-corrected chi connectivity index (χ0v) is 16.1. The summed E-state index contributed by atoms with van der Waals surface area (Å²) < 4.78 is 5.72. The Kier molecular flexibility index (Phi) is 5.96. The lowest BCUT2D eigenvalue weighted by atomic mass is 10.1. The van der Waals surface area contributed by atoms with Gasteiger partial charge in [-0.3, -0.25) is 4.79 Å². The molecule has 7 heteroatoms. The van der Waals surface area contributed by atoms with E-state index in [1.165, 1.54) is 0 Å². The molecule has 5 nitrogen and oxygen atoms in total. The topological polar surface area (TPSA) is 71.2 Å². The van der Waals surface area contributed by atoms with E-state index in [0.717, 1.165) is 16.5 Å². The molecule has 3 aromatic rings. The molecule has 0 spiro atoms. The van der Waals surface area contributed by atoms with E-state index in [9.17, 15) is 9.59 Å². The first-order valence-corrected chi connectivity index (χ1v) is 9.16. The monoisotopic (exact) mass is 434 g/mol. The Balaban J connectivity index is 1.48. The van der Waals surface area contributed by atoms with Crippen LogP contribution in [0, 0.1) is 0 Å². The number of esters is 1. The van der Waals surface area contributed by atoms with Gasteiger partial charge in [-0.1, -0.05) is 41.9 Å². The highest BCUT2D eigenvalue weighted by Gasteiger charge is 2.18. The molecule has 0 unspecified atom stereocenters. The molecule has 2 N–H and O–H groups in total. The lowest BCUT2D eigenvalue weighted by Crippen LogP contribution is -2.30. The second-order valence-corrected chi connectivity index (χ2v) is 6.89. The minimum atomic E-state index is -0.582. The molecular formula is C19H16BrClN2O3. The summed E-state index contributed by atoms with van der Waals surface area (Å²) in [5, 5.41) is 4.28. The standard InChI is InChI=1S/C19H16BrClN2O3/c20-17-14-3-1-2-4-15(14)23-18(17)19(25)26-11-16(24)22-10-9-12-5-7-13(21)8-6-12/h1-8,23H,9-11H2,(H,22,24). The Labute approximate surface area is 163 Å². The number of ether oxygens (including phenoxy) is 1. The maximum atomic E-state index is 12.2. The molecule has 0 saturated carbocycles. The van der Waals surface area contributed by atoms with Crippen LogP contribution in [0.3, 0.4) is 0 Å². The summed E-state index contributed by atoms with van der Waals surface area (Å²) in [6.07, 6.45) is 0.671. The van der Waals surface area contributed by atoms with Crippen molar-refractivity contribution in [2.24, 2.45) is 0 Å². The van der Waals surface area contributed by atoms with Gasteiger partial charge in [0.05, 0.1) is 4.47 Å². The van der Waals surface area contributed by atoms with Gasteiger partial charge in [0.25, 0.3) is 5.91 Å². The van der Waals surface area contributed by atoms with Gasteiger partial charge in [-0.05, 0) is 46.1 Å². The molecule has 0 aliphatic rings. The number of amides is 1. The first-order chi connectivity index (χ1) is 12.5. The fraction of sp³-hybridized carbons (Fsp3) is 0.158. The number of aromatic amines is 1. The summed E-state index contributed by atoms with van der Waals surface area (Å²) in [5.74, 6) is -0.930. The number of rotatable bonds is 6. The largest absolute Gasteiger partial charge is 0.451 e. The predicted octanol–water partition coefficient (Wildman–Crippen LogP) is 4.10. The summed E-state index contributed by atoms with van der Waals surface area (Å²) in [6, 6.07) is 14.9. The molecule has 3 rings (SSSR count). The molecule has 0 fully saturated rings. The Hall–Kier alpha value is -2.31. The molecule has 26 heavy (non-hydrogen) atoms. The molecule has 0 saturated heterocycles. The van der Waals surface area contributed by atoms with Gasteiger partial charge in [-0.2, -0.15) is 0 Å². The van der Waals surface area contributed by atoms with Crippen LogP contribution in [-0.4, -0.2) is 30.0 Å². The SMILES string of the molecule is O=C(COC(=O)c1[nH]c2ccccc2c1Br)NCCc1ccc(Cl)cc1. The summed E-state index contributed by atoms with van der Waals surface area (Å²) >= 11 is 9.22. The normalized spacial score (nSPS) is 10.7. The number of hydrogen-bond acceptors (Lipinski definition) is 3. The number of aromatic nitrogens is 1. The maximum absolute atomic E-state index is 12.2. The lowest BCUT2D eigenvalue weighted by Gasteiger charge is -2.06. The van der Waals surface area contributed by atoms with E-state index < -0.39 is 5.97 Å². The van der Waals surface area contributed by atoms with E-state index in [0.29, 0.717) is 28.2 Å². The predicted molar refractivity (Wildman–Crippen MR) is 104 cm³/mol. The van der Waals surface area contributed by atoms with Crippen LogP contribution < -0.4 is 5.32 Å². The molecule has 1 amide bonds. The second-order valence-electron chi connectivity index (χ2n) is 5.66. The molecule has 2 aromatic carbocycles. The van der Waals surface area contributed by atoms with E-state index in [1.54, 1.807) is 12.1 Å². The van der Waals surface area contributed by atoms with Crippen molar-refractivity contribution in [3.05, 3.63) is 69.3 Å². The lowest BCUT2D eigenvalue weighted by molar-refractivity contribution is -0.124. The molecule has 1 heterocycles. The number of fused-ring (bicyclic) bond motifs is 1. The fourth-order valence-corrected chi connectivity index (χ4v) is 3.23. The number of para-hydroxylation sites is 1. The van der Waals surface area contributed by atoms with E-state index in [4.69, 9.17) is 16.3 Å². The van der Waals surface area contributed by atoms with Crippen LogP contribution in [0.1, 0.15) is 16.1 Å². The number of H-pyrrole nitrogens is 1. The van der Waals surface area contributed by atoms with E-state index in [2.05, 4.69) is 26.2 Å². The Morgan fingerprint density at radius 3 is 2.58 bits per heavy atom. The third-order valence-corrected chi connectivity index (χ3v) is 4.91. The molecule has 0 atom stereocenters. The van der Waals surface area contributed by atoms with Crippen LogP contribution in [0.25, 0.3) is 10.9 Å². The Morgan fingerprint density at radius 2 is 1.85 bits per heavy atom. The van der Waals surface area contributed by atoms with Crippen LogP contribution in [0.2, 0.25) is 5.02 Å². The van der Waals surface area contributed by atoms with Crippen molar-refractivity contribution < 1.29 is 14.3 Å². The van der Waals surface area contributed by atoms with Crippen molar-refractivity contribution in [2.45, 2.75) is 6.42 Å². The molecule has 134 valence electrons. The van der Waals surface area contributed by atoms with Gasteiger partial charge < -0.3 is 15.0 Å². The summed E-state index contributed by atoms with van der Waals surface area (Å²) in [4.78, 5) is 27.0. The van der Waals surface area contributed by atoms with Crippen molar-refractivity contribution >= 4 is 50.3 Å². The highest BCUT2D eigenvalue weighted by Crippen LogP contribution is 2.28. The summed E-state index contributed by atoms with van der Waals surface area (Å²) in [5.41, 5.74) is 2.17. The molecule has 0 radical (unpaired) electrons. The molecule has 1 aromatic heterocycles. The average molecular weight is 436 g/mol. The number of hydrogen-bond donors (Lipinski definition) is 2. The van der Waals surface area contributed by atoms with Crippen LogP contribution in [0.15, 0.2) is 53.0 Å². The van der Waals surface area contributed by atoms with Crippen molar-refractivity contribution in [1.29, 1.82) is 0 Å². The van der Waals surface area contributed by atoms with Gasteiger partial charge in [0.15, 0.2) is 6.61 Å². The van der Waals surface area contributed by atoms with E-state index in [-0.39, 0.29) is 12.5 Å². The smallest absolute Gasteiger partial charge is 0.356 e. The quantitative estimate of drug-likeness (QED) is 0.573. The average Bonchev–Trinajstić information content (AvgIpc) is 2.98. The van der Waals surface area contributed by atoms with Crippen molar-refractivity contribution in [1.82, 2.24) is 10.3 Å². The molecule has 0 aliphatic carbocycles. The van der Waals surface area contributed by atoms with Gasteiger partial charge in [0.1, 0.15) is 5.69 Å². The van der Waals surface area contributed by atoms with Crippen LogP contribution >= 0.6 is 27.5 Å². The van der Waals surface area contributed by atoms with Crippen molar-refractivity contribution in [3.63, 3.8) is 0 Å². The number of halogens is 2. The van der Waals surface area contributed by atoms with E-state index >= 15 is 0 Å². The number of carbonyl (C=O) groups excluding carboxylic acids is 2. The highest BCUT2D eigenvalue weighted by atomic mass is 79.9. The van der Waals surface area contributed by atoms with Gasteiger partial charge in [0.2, 0.25) is 0 Å². The van der Waals surface area contributed by atoms with Crippen LogP contribution in [-0.2, 0) is 16.0 Å². The number of benzene rings is 2. The maximum Gasteiger partial charge on any atom is 0.356 e. The first kappa shape index (κ1) is 18.5. The van der Waals surface area contributed by atoms with Gasteiger partial charge in [-0.15, -0.1) is 0 Å². The van der Waals surface area contributed by atoms with E-state index in [1.807, 2.05) is 36.4 Å².